The molecule has 1 heterocycles. The predicted octanol–water partition coefficient (Wildman–Crippen LogP) is 3.31. The molecule has 2 aromatic rings. The molecule has 0 saturated carbocycles. The van der Waals surface area contributed by atoms with Gasteiger partial charge in [-0.15, -0.1) is 0 Å². The molecule has 0 aliphatic heterocycles. The minimum absolute atomic E-state index is 0.209. The van der Waals surface area contributed by atoms with Crippen molar-refractivity contribution in [3.05, 3.63) is 34.9 Å². The fraction of sp³-hybridized carbons (Fsp3) is 0.400. The molecule has 0 fully saturated rings. The first kappa shape index (κ1) is 14.4. The molecule has 20 heavy (non-hydrogen) atoms. The van der Waals surface area contributed by atoms with Crippen LogP contribution in [0.4, 0.5) is 10.1 Å². The van der Waals surface area contributed by atoms with E-state index >= 15 is 0 Å². The molecule has 0 amide bonds. The van der Waals surface area contributed by atoms with Crippen LogP contribution in [0.15, 0.2) is 12.1 Å². The molecule has 0 bridgehead atoms. The first-order chi connectivity index (χ1) is 9.45. The third-order valence-corrected chi connectivity index (χ3v) is 3.42. The topological polar surface area (TPSA) is 53.1 Å². The Morgan fingerprint density at radius 3 is 2.55 bits per heavy atom. The highest BCUT2D eigenvalue weighted by molar-refractivity contribution is 5.61. The number of nitrogens with zero attached hydrogens (tertiary/aromatic N) is 2. The fourth-order valence-corrected chi connectivity index (χ4v) is 2.02. The molecule has 0 atom stereocenters. The molecule has 108 valence electrons. The summed E-state index contributed by atoms with van der Waals surface area (Å²) in [5.41, 5.74) is 9.93. The van der Waals surface area contributed by atoms with Gasteiger partial charge in [0.1, 0.15) is 0 Å². The number of nitrogen functional groups attached to an aromatic ring is 1. The molecule has 0 saturated heterocycles. The van der Waals surface area contributed by atoms with Gasteiger partial charge in [-0.3, -0.25) is 0 Å². The Hall–Kier alpha value is -2.04. The van der Waals surface area contributed by atoms with Crippen molar-refractivity contribution in [2.75, 3.05) is 12.3 Å². The number of nitrogens with two attached hydrogens (primary N) is 1. The van der Waals surface area contributed by atoms with Gasteiger partial charge in [-0.25, -0.2) is 9.07 Å². The average Bonchev–Trinajstić information content (AvgIpc) is 2.66. The van der Waals surface area contributed by atoms with Gasteiger partial charge in [0.2, 0.25) is 0 Å². The third-order valence-electron chi connectivity index (χ3n) is 3.42. The maximum Gasteiger partial charge on any atom is 0.167 e. The van der Waals surface area contributed by atoms with Crippen LogP contribution in [0.1, 0.15) is 30.3 Å². The Balaban J connectivity index is 2.53. The van der Waals surface area contributed by atoms with Crippen LogP contribution in [0.25, 0.3) is 5.69 Å². The van der Waals surface area contributed by atoms with E-state index in [2.05, 4.69) is 5.10 Å². The lowest BCUT2D eigenvalue weighted by atomic mass is 10.2. The Morgan fingerprint density at radius 1 is 1.30 bits per heavy atom. The minimum atomic E-state index is -0.446. The second kappa shape index (κ2) is 5.53. The van der Waals surface area contributed by atoms with E-state index in [4.69, 9.17) is 10.5 Å². The van der Waals surface area contributed by atoms with Crippen molar-refractivity contribution >= 4 is 5.69 Å². The van der Waals surface area contributed by atoms with Crippen molar-refractivity contribution in [1.82, 2.24) is 9.78 Å². The summed E-state index contributed by atoms with van der Waals surface area (Å²) in [6.45, 7) is 8.34. The molecule has 1 aromatic carbocycles. The van der Waals surface area contributed by atoms with E-state index in [-0.39, 0.29) is 5.75 Å². The maximum atomic E-state index is 13.8. The average molecular weight is 277 g/mol. The molecule has 0 aliphatic carbocycles. The van der Waals surface area contributed by atoms with Crippen LogP contribution in [0.5, 0.6) is 5.75 Å². The van der Waals surface area contributed by atoms with E-state index in [1.807, 2.05) is 27.7 Å². The Morgan fingerprint density at radius 2 is 2.00 bits per heavy atom. The van der Waals surface area contributed by atoms with Gasteiger partial charge in [0.15, 0.2) is 11.6 Å². The first-order valence-corrected chi connectivity index (χ1v) is 6.70. The van der Waals surface area contributed by atoms with Crippen LogP contribution in [0.3, 0.4) is 0 Å². The number of halogens is 1. The highest BCUT2D eigenvalue weighted by Crippen LogP contribution is 2.28. The van der Waals surface area contributed by atoms with E-state index in [1.54, 1.807) is 10.7 Å². The number of benzene rings is 1. The molecule has 1 aromatic heterocycles. The molecule has 4 nitrogen and oxygen atoms in total. The van der Waals surface area contributed by atoms with Crippen LogP contribution >= 0.6 is 0 Å². The molecular formula is C15H20FN3O. The van der Waals surface area contributed by atoms with E-state index < -0.39 is 5.82 Å². The van der Waals surface area contributed by atoms with Gasteiger partial charge in [0.25, 0.3) is 0 Å². The molecule has 2 N–H and O–H groups in total. The molecule has 5 heteroatoms. The van der Waals surface area contributed by atoms with Crippen molar-refractivity contribution in [3.63, 3.8) is 0 Å². The van der Waals surface area contributed by atoms with Gasteiger partial charge >= 0.3 is 0 Å². The third kappa shape index (κ3) is 2.48. The summed E-state index contributed by atoms with van der Waals surface area (Å²) >= 11 is 0. The Labute approximate surface area is 118 Å². The smallest absolute Gasteiger partial charge is 0.167 e. The summed E-state index contributed by atoms with van der Waals surface area (Å²) in [7, 11) is 0. The lowest BCUT2D eigenvalue weighted by Crippen LogP contribution is -2.06. The highest BCUT2D eigenvalue weighted by Gasteiger charge is 2.15. The standard InChI is InChI=1S/C15H20FN3O/c1-5-6-20-15-8-14(13(17)7-12(15)16)19-11(4)9(2)10(3)18-19/h7-8H,5-6,17H2,1-4H3. The van der Waals surface area contributed by atoms with Gasteiger partial charge in [-0.1, -0.05) is 6.92 Å². The summed E-state index contributed by atoms with van der Waals surface area (Å²) in [6.07, 6.45) is 0.818. The number of rotatable bonds is 4. The van der Waals surface area contributed by atoms with E-state index in [0.717, 1.165) is 23.4 Å². The van der Waals surface area contributed by atoms with Crippen LogP contribution in [-0.4, -0.2) is 16.4 Å². The van der Waals surface area contributed by atoms with Crippen LogP contribution in [-0.2, 0) is 0 Å². The number of aromatic nitrogens is 2. The minimum Gasteiger partial charge on any atom is -0.490 e. The van der Waals surface area contributed by atoms with Gasteiger partial charge in [-0.2, -0.15) is 5.10 Å². The summed E-state index contributed by atoms with van der Waals surface area (Å²) in [5.74, 6) is -0.237. The molecule has 2 rings (SSSR count). The lowest BCUT2D eigenvalue weighted by Gasteiger charge is -2.12. The normalized spacial score (nSPS) is 10.8. The highest BCUT2D eigenvalue weighted by atomic mass is 19.1. The fourth-order valence-electron chi connectivity index (χ4n) is 2.02. The summed E-state index contributed by atoms with van der Waals surface area (Å²) in [5, 5.41) is 4.45. The number of hydrogen-bond acceptors (Lipinski definition) is 3. The quantitative estimate of drug-likeness (QED) is 0.872. The van der Waals surface area contributed by atoms with Crippen LogP contribution in [0, 0.1) is 26.6 Å². The largest absolute Gasteiger partial charge is 0.490 e. The SMILES string of the molecule is CCCOc1cc(-n2nc(C)c(C)c2C)c(N)cc1F. The van der Waals surface area contributed by atoms with Crippen molar-refractivity contribution in [2.24, 2.45) is 0 Å². The number of anilines is 1. The zero-order valence-electron chi connectivity index (χ0n) is 12.3. The Kier molecular flexibility index (Phi) is 3.97. The molecule has 0 radical (unpaired) electrons. The number of ether oxygens (including phenoxy) is 1. The lowest BCUT2D eigenvalue weighted by molar-refractivity contribution is 0.301. The number of hydrogen-bond donors (Lipinski definition) is 1. The van der Waals surface area contributed by atoms with Crippen molar-refractivity contribution in [3.8, 4) is 11.4 Å². The summed E-state index contributed by atoms with van der Waals surface area (Å²) in [6, 6.07) is 2.89. The van der Waals surface area contributed by atoms with E-state index in [1.165, 1.54) is 6.07 Å². The van der Waals surface area contributed by atoms with Gasteiger partial charge in [-0.05, 0) is 32.8 Å². The second-order valence-electron chi connectivity index (χ2n) is 4.90. The second-order valence-corrected chi connectivity index (χ2v) is 4.90. The van der Waals surface area contributed by atoms with Crippen LogP contribution in [0.2, 0.25) is 0 Å². The van der Waals surface area contributed by atoms with Gasteiger partial charge in [0.05, 0.1) is 23.7 Å². The zero-order valence-corrected chi connectivity index (χ0v) is 12.3. The van der Waals surface area contributed by atoms with E-state index in [0.29, 0.717) is 18.0 Å². The number of aryl methyl sites for hydroxylation is 1. The van der Waals surface area contributed by atoms with E-state index in [9.17, 15) is 4.39 Å². The molecule has 0 unspecified atom stereocenters. The zero-order chi connectivity index (χ0) is 14.9. The van der Waals surface area contributed by atoms with Crippen molar-refractivity contribution in [2.45, 2.75) is 34.1 Å². The monoisotopic (exact) mass is 277 g/mol. The summed E-state index contributed by atoms with van der Waals surface area (Å²) < 4.78 is 21.0. The maximum absolute atomic E-state index is 13.8. The predicted molar refractivity (Wildman–Crippen MR) is 77.9 cm³/mol. The van der Waals surface area contributed by atoms with Crippen molar-refractivity contribution in [1.29, 1.82) is 0 Å². The molecule has 0 aliphatic rings. The van der Waals surface area contributed by atoms with Gasteiger partial charge in [0, 0.05) is 17.8 Å². The Bertz CT molecular complexity index is 635. The summed E-state index contributed by atoms with van der Waals surface area (Å²) in [4.78, 5) is 0. The molecular weight excluding hydrogens is 257 g/mol. The molecule has 0 spiro atoms. The van der Waals surface area contributed by atoms with Crippen molar-refractivity contribution < 1.29 is 9.13 Å². The first-order valence-electron chi connectivity index (χ1n) is 6.70. The van der Waals surface area contributed by atoms with Crippen LogP contribution < -0.4 is 10.5 Å². The van der Waals surface area contributed by atoms with Gasteiger partial charge < -0.3 is 10.5 Å².